The molecule has 1 aromatic heterocycles. The van der Waals surface area contributed by atoms with Gasteiger partial charge in [-0.1, -0.05) is 0 Å². The molecule has 0 aromatic carbocycles. The van der Waals surface area contributed by atoms with Gasteiger partial charge >= 0.3 is 11.4 Å². The molecule has 0 amide bonds. The smallest absolute Gasteiger partial charge is 0.358 e. The minimum absolute atomic E-state index is 0.154. The summed E-state index contributed by atoms with van der Waals surface area (Å²) in [6, 6.07) is 0.154. The molecule has 0 radical (unpaired) electrons. The Morgan fingerprint density at radius 3 is 2.50 bits per heavy atom. The molecule has 0 spiro atoms. The van der Waals surface area contributed by atoms with Crippen LogP contribution in [0.2, 0.25) is 0 Å². The summed E-state index contributed by atoms with van der Waals surface area (Å²) < 4.78 is 36.7. The minimum Gasteiger partial charge on any atom is -0.358 e. The molecular weight excluding hydrogens is 205 g/mol. The van der Waals surface area contributed by atoms with Crippen LogP contribution in [0.1, 0.15) is 12.0 Å². The van der Waals surface area contributed by atoms with E-state index in [2.05, 4.69) is 0 Å². The van der Waals surface area contributed by atoms with Crippen LogP contribution in [0.3, 0.4) is 0 Å². The van der Waals surface area contributed by atoms with E-state index in [-0.39, 0.29) is 6.07 Å². The second-order valence-electron chi connectivity index (χ2n) is 2.31. The van der Waals surface area contributed by atoms with Crippen LogP contribution < -0.4 is 5.56 Å². The van der Waals surface area contributed by atoms with Crippen molar-refractivity contribution in [2.45, 2.75) is 6.43 Å². The standard InChI is InChI=1S/C6H3F3N2O3/c7-3-1-2(4(8)9)5(11(13)14)10-6(3)12/h1,4H,(H,10,12). The van der Waals surface area contributed by atoms with Crippen molar-refractivity contribution >= 4 is 5.82 Å². The summed E-state index contributed by atoms with van der Waals surface area (Å²) in [6.45, 7) is 0. The predicted molar refractivity (Wildman–Crippen MR) is 38.6 cm³/mol. The SMILES string of the molecule is O=c1[nH]c([N+](=O)[O-])c(C(F)F)cc1F. The molecular formula is C6H3F3N2O3. The third-order valence-corrected chi connectivity index (χ3v) is 1.42. The van der Waals surface area contributed by atoms with Gasteiger partial charge in [-0.15, -0.1) is 0 Å². The monoisotopic (exact) mass is 208 g/mol. The third-order valence-electron chi connectivity index (χ3n) is 1.42. The van der Waals surface area contributed by atoms with Gasteiger partial charge in [0.2, 0.25) is 5.82 Å². The molecule has 0 saturated heterocycles. The van der Waals surface area contributed by atoms with Crippen molar-refractivity contribution in [2.75, 3.05) is 0 Å². The number of aromatic nitrogens is 1. The number of pyridine rings is 1. The van der Waals surface area contributed by atoms with Gasteiger partial charge in [-0.05, 0) is 11.0 Å². The highest BCUT2D eigenvalue weighted by atomic mass is 19.3. The second kappa shape index (κ2) is 3.48. The van der Waals surface area contributed by atoms with E-state index in [1.165, 1.54) is 4.98 Å². The molecule has 0 aliphatic rings. The summed E-state index contributed by atoms with van der Waals surface area (Å²) in [4.78, 5) is 20.9. The van der Waals surface area contributed by atoms with E-state index < -0.39 is 34.1 Å². The highest BCUT2D eigenvalue weighted by Crippen LogP contribution is 2.25. The van der Waals surface area contributed by atoms with Crippen LogP contribution in [0, 0.1) is 15.9 Å². The Kier molecular flexibility index (Phi) is 2.54. The molecule has 14 heavy (non-hydrogen) atoms. The fourth-order valence-corrected chi connectivity index (χ4v) is 0.827. The molecule has 0 aliphatic heterocycles. The van der Waals surface area contributed by atoms with Gasteiger partial charge in [0.15, 0.2) is 0 Å². The number of nitrogens with one attached hydrogen (secondary N) is 1. The molecule has 1 rings (SSSR count). The van der Waals surface area contributed by atoms with Crippen LogP contribution in [0.25, 0.3) is 0 Å². The Bertz CT molecular complexity index is 429. The third kappa shape index (κ3) is 1.73. The fraction of sp³-hybridized carbons (Fsp3) is 0.167. The van der Waals surface area contributed by atoms with Crippen LogP contribution in [0.4, 0.5) is 19.0 Å². The van der Waals surface area contributed by atoms with Crippen LogP contribution in [-0.4, -0.2) is 9.91 Å². The Morgan fingerprint density at radius 1 is 1.50 bits per heavy atom. The lowest BCUT2D eigenvalue weighted by atomic mass is 10.2. The molecule has 0 fully saturated rings. The van der Waals surface area contributed by atoms with Gasteiger partial charge in [-0.25, -0.2) is 18.6 Å². The highest BCUT2D eigenvalue weighted by Gasteiger charge is 2.23. The summed E-state index contributed by atoms with van der Waals surface area (Å²) in [5.74, 6) is -2.67. The van der Waals surface area contributed by atoms with E-state index >= 15 is 0 Å². The van der Waals surface area contributed by atoms with Gasteiger partial charge in [0, 0.05) is 0 Å². The average Bonchev–Trinajstić information content (AvgIpc) is 2.08. The number of halogens is 3. The Hall–Kier alpha value is -1.86. The molecule has 0 unspecified atom stereocenters. The number of nitro groups is 1. The predicted octanol–water partition coefficient (Wildman–Crippen LogP) is 1.36. The lowest BCUT2D eigenvalue weighted by Gasteiger charge is -2.01. The van der Waals surface area contributed by atoms with Crippen molar-refractivity contribution in [3.63, 3.8) is 0 Å². The summed E-state index contributed by atoms with van der Waals surface area (Å²) in [5, 5.41) is 10.2. The van der Waals surface area contributed by atoms with Crippen molar-refractivity contribution in [1.82, 2.24) is 4.98 Å². The summed E-state index contributed by atoms with van der Waals surface area (Å²) in [7, 11) is 0. The van der Waals surface area contributed by atoms with Gasteiger partial charge in [0.25, 0.3) is 6.43 Å². The first kappa shape index (κ1) is 10.2. The Balaban J connectivity index is 3.47. The van der Waals surface area contributed by atoms with E-state index in [1.54, 1.807) is 0 Å². The van der Waals surface area contributed by atoms with Crippen molar-refractivity contribution < 1.29 is 18.1 Å². The number of H-pyrrole nitrogens is 1. The van der Waals surface area contributed by atoms with Gasteiger partial charge < -0.3 is 10.1 Å². The molecule has 1 aromatic rings. The highest BCUT2D eigenvalue weighted by molar-refractivity contribution is 5.33. The zero-order chi connectivity index (χ0) is 10.9. The zero-order valence-corrected chi connectivity index (χ0v) is 6.46. The molecule has 5 nitrogen and oxygen atoms in total. The quantitative estimate of drug-likeness (QED) is 0.588. The van der Waals surface area contributed by atoms with E-state index in [4.69, 9.17) is 0 Å². The number of hydrogen-bond donors (Lipinski definition) is 1. The van der Waals surface area contributed by atoms with E-state index in [0.29, 0.717) is 0 Å². The minimum atomic E-state index is -3.22. The maximum absolute atomic E-state index is 12.5. The Labute approximate surface area is 74.3 Å². The van der Waals surface area contributed by atoms with E-state index in [1.807, 2.05) is 0 Å². The molecule has 0 saturated carbocycles. The second-order valence-corrected chi connectivity index (χ2v) is 2.31. The first-order valence-corrected chi connectivity index (χ1v) is 3.28. The summed E-state index contributed by atoms with van der Waals surface area (Å²) in [6.07, 6.45) is -3.22. The normalized spacial score (nSPS) is 10.6. The molecule has 8 heteroatoms. The molecule has 0 aliphatic carbocycles. The van der Waals surface area contributed by atoms with Crippen LogP contribution in [-0.2, 0) is 0 Å². The lowest BCUT2D eigenvalue weighted by Crippen LogP contribution is -2.14. The van der Waals surface area contributed by atoms with Crippen LogP contribution in [0.15, 0.2) is 10.9 Å². The van der Waals surface area contributed by atoms with Crippen molar-refractivity contribution in [1.29, 1.82) is 0 Å². The largest absolute Gasteiger partial charge is 0.367 e. The molecule has 76 valence electrons. The van der Waals surface area contributed by atoms with Crippen molar-refractivity contribution in [2.24, 2.45) is 0 Å². The van der Waals surface area contributed by atoms with Crippen LogP contribution >= 0.6 is 0 Å². The number of aromatic amines is 1. The summed E-state index contributed by atoms with van der Waals surface area (Å²) >= 11 is 0. The average molecular weight is 208 g/mol. The number of hydrogen-bond acceptors (Lipinski definition) is 3. The van der Waals surface area contributed by atoms with Gasteiger partial charge in [-0.2, -0.15) is 4.39 Å². The maximum Gasteiger partial charge on any atom is 0.367 e. The zero-order valence-electron chi connectivity index (χ0n) is 6.46. The fourth-order valence-electron chi connectivity index (χ4n) is 0.827. The summed E-state index contributed by atoms with van der Waals surface area (Å²) in [5.41, 5.74) is -2.55. The maximum atomic E-state index is 12.5. The lowest BCUT2D eigenvalue weighted by molar-refractivity contribution is -0.391. The van der Waals surface area contributed by atoms with Crippen molar-refractivity contribution in [3.8, 4) is 0 Å². The molecule has 0 atom stereocenters. The van der Waals surface area contributed by atoms with E-state index in [9.17, 15) is 28.1 Å². The van der Waals surface area contributed by atoms with Gasteiger partial charge in [0.1, 0.15) is 5.56 Å². The Morgan fingerprint density at radius 2 is 2.07 bits per heavy atom. The number of nitrogens with zero attached hydrogens (tertiary/aromatic N) is 1. The first-order chi connectivity index (χ1) is 6.43. The molecule has 1 N–H and O–H groups in total. The number of rotatable bonds is 2. The van der Waals surface area contributed by atoms with Gasteiger partial charge in [-0.3, -0.25) is 0 Å². The molecule has 0 bridgehead atoms. The van der Waals surface area contributed by atoms with Crippen molar-refractivity contribution in [3.05, 3.63) is 37.9 Å². The van der Waals surface area contributed by atoms with Gasteiger partial charge in [0.05, 0.1) is 0 Å². The van der Waals surface area contributed by atoms with E-state index in [0.717, 1.165) is 0 Å². The van der Waals surface area contributed by atoms with Crippen LogP contribution in [0.5, 0.6) is 0 Å². The molecule has 1 heterocycles. The number of alkyl halides is 2. The first-order valence-electron chi connectivity index (χ1n) is 3.28. The topological polar surface area (TPSA) is 76.0 Å².